The van der Waals surface area contributed by atoms with E-state index in [-0.39, 0.29) is 43.4 Å². The third kappa shape index (κ3) is 5.24. The van der Waals surface area contributed by atoms with Gasteiger partial charge in [-0.1, -0.05) is 55.5 Å². The van der Waals surface area contributed by atoms with Gasteiger partial charge in [-0.3, -0.25) is 9.59 Å². The van der Waals surface area contributed by atoms with E-state index < -0.39 is 12.1 Å². The van der Waals surface area contributed by atoms with Gasteiger partial charge in [0.2, 0.25) is 5.91 Å². The topological polar surface area (TPSA) is 95.9 Å². The number of piperidine rings is 1. The smallest absolute Gasteiger partial charge is 0.407 e. The van der Waals surface area contributed by atoms with Crippen LogP contribution in [0, 0.1) is 0 Å². The lowest BCUT2D eigenvalue weighted by Gasteiger charge is -2.36. The molecule has 34 heavy (non-hydrogen) atoms. The molecule has 180 valence electrons. The first-order chi connectivity index (χ1) is 16.5. The molecular formula is C27H32N2O5. The van der Waals surface area contributed by atoms with Gasteiger partial charge < -0.3 is 20.1 Å². The molecule has 1 fully saturated rings. The van der Waals surface area contributed by atoms with Crippen LogP contribution in [0.15, 0.2) is 48.5 Å². The number of hydrogen-bond donors (Lipinski definition) is 2. The van der Waals surface area contributed by atoms with Gasteiger partial charge in [0, 0.05) is 31.0 Å². The van der Waals surface area contributed by atoms with E-state index in [4.69, 9.17) is 4.74 Å². The van der Waals surface area contributed by atoms with Gasteiger partial charge in [0.15, 0.2) is 0 Å². The summed E-state index contributed by atoms with van der Waals surface area (Å²) in [6.45, 7) is 2.70. The Morgan fingerprint density at radius 2 is 1.71 bits per heavy atom. The van der Waals surface area contributed by atoms with Crippen molar-refractivity contribution in [1.29, 1.82) is 0 Å². The van der Waals surface area contributed by atoms with Gasteiger partial charge in [-0.15, -0.1) is 0 Å². The second-order valence-electron chi connectivity index (χ2n) is 9.11. The van der Waals surface area contributed by atoms with Crippen molar-refractivity contribution in [3.8, 4) is 11.1 Å². The summed E-state index contributed by atoms with van der Waals surface area (Å²) >= 11 is 0. The van der Waals surface area contributed by atoms with Crippen LogP contribution < -0.4 is 5.32 Å². The summed E-state index contributed by atoms with van der Waals surface area (Å²) in [5.41, 5.74) is 4.63. The van der Waals surface area contributed by atoms with Crippen LogP contribution in [0.2, 0.25) is 0 Å². The van der Waals surface area contributed by atoms with Crippen molar-refractivity contribution in [3.05, 3.63) is 59.7 Å². The summed E-state index contributed by atoms with van der Waals surface area (Å²) < 4.78 is 5.62. The first-order valence-electron chi connectivity index (χ1n) is 12.1. The fourth-order valence-electron chi connectivity index (χ4n) is 5.17. The molecule has 2 aromatic rings. The molecule has 1 aliphatic carbocycles. The molecule has 1 aliphatic heterocycles. The number of ether oxygens (including phenoxy) is 1. The van der Waals surface area contributed by atoms with Crippen molar-refractivity contribution in [3.63, 3.8) is 0 Å². The number of carbonyl (C=O) groups excluding carboxylic acids is 2. The Hall–Kier alpha value is -3.35. The Morgan fingerprint density at radius 3 is 2.32 bits per heavy atom. The third-order valence-corrected chi connectivity index (χ3v) is 6.94. The zero-order valence-electron chi connectivity index (χ0n) is 19.5. The average Bonchev–Trinajstić information content (AvgIpc) is 3.16. The molecule has 7 heteroatoms. The van der Waals surface area contributed by atoms with E-state index in [2.05, 4.69) is 29.6 Å². The van der Waals surface area contributed by atoms with E-state index in [0.717, 1.165) is 24.0 Å². The van der Waals surface area contributed by atoms with Crippen molar-refractivity contribution in [2.24, 2.45) is 0 Å². The molecule has 0 aromatic heterocycles. The number of carboxylic acid groups (broad SMARTS) is 1. The summed E-state index contributed by atoms with van der Waals surface area (Å²) in [4.78, 5) is 38.4. The van der Waals surface area contributed by atoms with Gasteiger partial charge in [-0.2, -0.15) is 0 Å². The maximum atomic E-state index is 12.9. The van der Waals surface area contributed by atoms with Crippen LogP contribution in [0.5, 0.6) is 0 Å². The Kier molecular flexibility index (Phi) is 7.50. The number of aliphatic carboxylic acids is 1. The number of carbonyl (C=O) groups is 3. The second-order valence-corrected chi connectivity index (χ2v) is 9.11. The van der Waals surface area contributed by atoms with Crippen molar-refractivity contribution in [2.45, 2.75) is 63.5 Å². The van der Waals surface area contributed by atoms with E-state index in [1.54, 1.807) is 4.90 Å². The Labute approximate surface area is 200 Å². The summed E-state index contributed by atoms with van der Waals surface area (Å²) in [6.07, 6.45) is 2.64. The molecule has 1 unspecified atom stereocenters. The molecular weight excluding hydrogens is 432 g/mol. The fourth-order valence-corrected chi connectivity index (χ4v) is 5.17. The standard InChI is InChI=1S/C27H32N2O5/c1-2-18(15-25(30)29-14-8-7-9-19(29)16-26(31)32)28-27(33)34-17-24-22-12-5-3-10-20(22)21-11-4-6-13-23(21)24/h3-6,10-13,18-19,24H,2,7-9,14-17H2,1H3,(H,28,33)(H,31,32)/t18?,19-/m1/s1. The maximum absolute atomic E-state index is 12.9. The van der Waals surface area contributed by atoms with Gasteiger partial charge in [0.25, 0.3) is 0 Å². The van der Waals surface area contributed by atoms with Gasteiger partial charge in [-0.05, 0) is 47.9 Å². The van der Waals surface area contributed by atoms with Crippen LogP contribution >= 0.6 is 0 Å². The van der Waals surface area contributed by atoms with Gasteiger partial charge in [0.1, 0.15) is 6.61 Å². The summed E-state index contributed by atoms with van der Waals surface area (Å²) in [7, 11) is 0. The minimum Gasteiger partial charge on any atom is -0.481 e. The van der Waals surface area contributed by atoms with E-state index in [9.17, 15) is 19.5 Å². The van der Waals surface area contributed by atoms with Crippen LogP contribution in [0.3, 0.4) is 0 Å². The Bertz CT molecular complexity index is 1010. The van der Waals surface area contributed by atoms with Crippen LogP contribution in [-0.2, 0) is 14.3 Å². The number of fused-ring (bicyclic) bond motifs is 3. The number of carboxylic acids is 1. The number of likely N-dealkylation sites (tertiary alicyclic amines) is 1. The number of hydrogen-bond acceptors (Lipinski definition) is 4. The molecule has 0 radical (unpaired) electrons. The lowest BCUT2D eigenvalue weighted by molar-refractivity contribution is -0.142. The zero-order chi connectivity index (χ0) is 24.1. The first-order valence-corrected chi connectivity index (χ1v) is 12.1. The lowest BCUT2D eigenvalue weighted by atomic mass is 9.98. The van der Waals surface area contributed by atoms with E-state index in [0.29, 0.717) is 19.4 Å². The molecule has 1 heterocycles. The number of nitrogens with one attached hydrogen (secondary N) is 1. The van der Waals surface area contributed by atoms with Crippen molar-refractivity contribution < 1.29 is 24.2 Å². The molecule has 4 rings (SSSR count). The highest BCUT2D eigenvalue weighted by Gasteiger charge is 2.31. The van der Waals surface area contributed by atoms with Gasteiger partial charge >= 0.3 is 12.1 Å². The molecule has 2 aliphatic rings. The molecule has 0 spiro atoms. The average molecular weight is 465 g/mol. The molecule has 2 N–H and O–H groups in total. The van der Waals surface area contributed by atoms with Crippen molar-refractivity contribution in [2.75, 3.05) is 13.2 Å². The number of benzene rings is 2. The highest BCUT2D eigenvalue weighted by molar-refractivity contribution is 5.80. The quantitative estimate of drug-likeness (QED) is 0.598. The third-order valence-electron chi connectivity index (χ3n) is 6.94. The molecule has 0 bridgehead atoms. The normalized spacial score (nSPS) is 18.0. The van der Waals surface area contributed by atoms with E-state index >= 15 is 0 Å². The SMILES string of the molecule is CCC(CC(=O)N1CCCC[C@@H]1CC(=O)O)NC(=O)OCC1c2ccccc2-c2ccccc21. The number of nitrogens with zero attached hydrogens (tertiary/aromatic N) is 1. The fraction of sp³-hybridized carbons (Fsp3) is 0.444. The monoisotopic (exact) mass is 464 g/mol. The minimum absolute atomic E-state index is 0.0232. The molecule has 0 saturated carbocycles. The molecule has 2 atom stereocenters. The highest BCUT2D eigenvalue weighted by Crippen LogP contribution is 2.44. The largest absolute Gasteiger partial charge is 0.481 e. The zero-order valence-corrected chi connectivity index (χ0v) is 19.5. The van der Waals surface area contributed by atoms with Crippen LogP contribution in [0.4, 0.5) is 4.79 Å². The lowest BCUT2D eigenvalue weighted by Crippen LogP contribution is -2.47. The number of rotatable bonds is 8. The number of amides is 2. The molecule has 7 nitrogen and oxygen atoms in total. The van der Waals surface area contributed by atoms with Crippen LogP contribution in [0.25, 0.3) is 11.1 Å². The predicted octanol–water partition coefficient (Wildman–Crippen LogP) is 4.55. The van der Waals surface area contributed by atoms with Crippen molar-refractivity contribution in [1.82, 2.24) is 10.2 Å². The van der Waals surface area contributed by atoms with E-state index in [1.165, 1.54) is 11.1 Å². The Balaban J connectivity index is 1.34. The summed E-state index contributed by atoms with van der Waals surface area (Å²) in [5, 5.41) is 12.0. The molecule has 2 aromatic carbocycles. The summed E-state index contributed by atoms with van der Waals surface area (Å²) in [5.74, 6) is -1.03. The second kappa shape index (κ2) is 10.7. The van der Waals surface area contributed by atoms with Gasteiger partial charge in [0.05, 0.1) is 6.42 Å². The first kappa shape index (κ1) is 23.8. The minimum atomic E-state index is -0.895. The summed E-state index contributed by atoms with van der Waals surface area (Å²) in [6, 6.07) is 15.7. The van der Waals surface area contributed by atoms with Crippen molar-refractivity contribution >= 4 is 18.0 Å². The van der Waals surface area contributed by atoms with E-state index in [1.807, 2.05) is 31.2 Å². The Morgan fingerprint density at radius 1 is 1.06 bits per heavy atom. The number of alkyl carbamates (subject to hydrolysis) is 1. The highest BCUT2D eigenvalue weighted by atomic mass is 16.5. The van der Waals surface area contributed by atoms with Gasteiger partial charge in [-0.25, -0.2) is 4.79 Å². The molecule has 2 amide bonds. The van der Waals surface area contributed by atoms with Crippen LogP contribution in [0.1, 0.15) is 62.5 Å². The molecule has 1 saturated heterocycles. The predicted molar refractivity (Wildman–Crippen MR) is 129 cm³/mol. The van der Waals surface area contributed by atoms with Crippen LogP contribution in [-0.4, -0.2) is 53.2 Å². The maximum Gasteiger partial charge on any atom is 0.407 e.